The summed E-state index contributed by atoms with van der Waals surface area (Å²) in [6.07, 6.45) is 5.80. The Kier molecular flexibility index (Phi) is 2.59. The Morgan fingerprint density at radius 1 is 1.53 bits per heavy atom. The first-order valence-electron chi connectivity index (χ1n) is 6.81. The first-order valence-corrected chi connectivity index (χ1v) is 6.81. The van der Waals surface area contributed by atoms with Crippen molar-refractivity contribution in [1.82, 2.24) is 0 Å². The van der Waals surface area contributed by atoms with Crippen molar-refractivity contribution in [1.29, 1.82) is 0 Å². The van der Waals surface area contributed by atoms with Crippen LogP contribution in [0.3, 0.4) is 0 Å². The van der Waals surface area contributed by atoms with E-state index in [1.165, 1.54) is 0 Å². The van der Waals surface area contributed by atoms with Gasteiger partial charge in [-0.2, -0.15) is 0 Å². The second-order valence-electron chi connectivity index (χ2n) is 6.12. The fourth-order valence-corrected chi connectivity index (χ4v) is 3.81. The number of fused-ring (bicyclic) bond motifs is 3. The molecule has 4 nitrogen and oxygen atoms in total. The second kappa shape index (κ2) is 3.95. The van der Waals surface area contributed by atoms with E-state index in [2.05, 4.69) is 18.2 Å². The van der Waals surface area contributed by atoms with E-state index in [9.17, 15) is 4.79 Å². The summed E-state index contributed by atoms with van der Waals surface area (Å²) in [4.78, 5) is 11.8. The zero-order valence-electron chi connectivity index (χ0n) is 11.5. The summed E-state index contributed by atoms with van der Waals surface area (Å²) in [7, 11) is 0. The summed E-state index contributed by atoms with van der Waals surface area (Å²) in [5.41, 5.74) is 2.56. The van der Waals surface area contributed by atoms with E-state index in [1.807, 2.05) is 19.9 Å². The van der Waals surface area contributed by atoms with Gasteiger partial charge in [-0.1, -0.05) is 25.1 Å². The highest BCUT2D eigenvalue weighted by molar-refractivity contribution is 6.09. The first-order chi connectivity index (χ1) is 8.98. The topological polar surface area (TPSA) is 58.9 Å². The summed E-state index contributed by atoms with van der Waals surface area (Å²) < 4.78 is 5.61. The maximum absolute atomic E-state index is 11.8. The molecule has 1 aliphatic heterocycles. The molecule has 0 amide bonds. The first kappa shape index (κ1) is 12.5. The molecule has 0 bridgehead atoms. The van der Waals surface area contributed by atoms with Crippen molar-refractivity contribution in [2.24, 2.45) is 22.4 Å². The predicted molar refractivity (Wildman–Crippen MR) is 70.9 cm³/mol. The van der Waals surface area contributed by atoms with Crippen molar-refractivity contribution in [2.45, 2.75) is 39.7 Å². The van der Waals surface area contributed by atoms with Crippen LogP contribution in [0.5, 0.6) is 0 Å². The Bertz CT molecular complexity index is 532. The average Bonchev–Trinajstić information content (AvgIpc) is 2.65. The van der Waals surface area contributed by atoms with Gasteiger partial charge >= 0.3 is 5.97 Å². The van der Waals surface area contributed by atoms with Gasteiger partial charge < -0.3 is 9.94 Å². The minimum absolute atomic E-state index is 0.0322. The molecule has 1 N–H and O–H groups in total. The molecule has 102 valence electrons. The van der Waals surface area contributed by atoms with Gasteiger partial charge in [0.15, 0.2) is 0 Å². The molecule has 3 aliphatic rings. The van der Waals surface area contributed by atoms with E-state index in [0.29, 0.717) is 5.71 Å². The lowest BCUT2D eigenvalue weighted by Gasteiger charge is -2.43. The lowest BCUT2D eigenvalue weighted by atomic mass is 9.61. The molecule has 1 heterocycles. The Morgan fingerprint density at radius 3 is 2.95 bits per heavy atom. The fraction of sp³-hybridized carbons (Fsp3) is 0.600. The smallest absolute Gasteiger partial charge is 0.309 e. The molecule has 2 aliphatic carbocycles. The minimum Gasteiger partial charge on any atom is -0.457 e. The van der Waals surface area contributed by atoms with Crippen molar-refractivity contribution < 1.29 is 14.7 Å². The number of hydrogen-bond donors (Lipinski definition) is 1. The van der Waals surface area contributed by atoms with Crippen LogP contribution in [-0.4, -0.2) is 23.0 Å². The van der Waals surface area contributed by atoms with Gasteiger partial charge in [0.2, 0.25) is 0 Å². The van der Waals surface area contributed by atoms with Crippen LogP contribution in [0.4, 0.5) is 0 Å². The monoisotopic (exact) mass is 261 g/mol. The number of carbonyl (C=O) groups excluding carboxylic acids is 1. The van der Waals surface area contributed by atoms with Crippen LogP contribution < -0.4 is 0 Å². The fourth-order valence-electron chi connectivity index (χ4n) is 3.81. The van der Waals surface area contributed by atoms with Crippen LogP contribution in [0.1, 0.15) is 33.6 Å². The molecule has 0 aromatic rings. The lowest BCUT2D eigenvalue weighted by molar-refractivity contribution is -0.143. The van der Waals surface area contributed by atoms with E-state index < -0.39 is 0 Å². The molecule has 4 heteroatoms. The van der Waals surface area contributed by atoms with Gasteiger partial charge in [0.1, 0.15) is 11.8 Å². The van der Waals surface area contributed by atoms with Crippen molar-refractivity contribution in [3.05, 3.63) is 23.3 Å². The standard InChI is InChI=1S/C15H19NO3/c1-8-10-4-6-15(3)7-5-11(16-18)9(2)12(15)13(10)19-14(8)17/h5,7-8,10,13,18H,4,6H2,1-3H3/b16-11-/t8-,10+,13-,15-/m1/s1. The summed E-state index contributed by atoms with van der Waals surface area (Å²) in [6.45, 7) is 6.07. The molecular formula is C15H19NO3. The van der Waals surface area contributed by atoms with Crippen LogP contribution in [0.2, 0.25) is 0 Å². The number of allylic oxidation sites excluding steroid dienone is 3. The molecule has 0 unspecified atom stereocenters. The number of ether oxygens (including phenoxy) is 1. The lowest BCUT2D eigenvalue weighted by Crippen LogP contribution is -2.39. The Hall–Kier alpha value is -1.58. The van der Waals surface area contributed by atoms with Crippen LogP contribution in [0, 0.1) is 17.3 Å². The Morgan fingerprint density at radius 2 is 2.26 bits per heavy atom. The molecule has 0 aromatic heterocycles. The van der Waals surface area contributed by atoms with E-state index in [1.54, 1.807) is 0 Å². The van der Waals surface area contributed by atoms with Crippen molar-refractivity contribution in [3.63, 3.8) is 0 Å². The number of esters is 1. The maximum atomic E-state index is 11.8. The van der Waals surface area contributed by atoms with Gasteiger partial charge in [0.05, 0.1) is 5.92 Å². The number of carbonyl (C=O) groups is 1. The molecule has 4 atom stereocenters. The van der Waals surface area contributed by atoms with Crippen molar-refractivity contribution >= 4 is 11.7 Å². The molecule has 2 fully saturated rings. The van der Waals surface area contributed by atoms with E-state index >= 15 is 0 Å². The number of oxime groups is 1. The van der Waals surface area contributed by atoms with Crippen molar-refractivity contribution in [2.75, 3.05) is 0 Å². The van der Waals surface area contributed by atoms with Gasteiger partial charge in [-0.3, -0.25) is 4.79 Å². The SMILES string of the molecule is CC1=C2[C@@H]3OC(=O)[C@H](C)[C@@H]3CC[C@]2(C)C=C/C1=N/O. The molecule has 3 rings (SSSR count). The third kappa shape index (κ3) is 1.58. The Balaban J connectivity index is 2.11. The van der Waals surface area contributed by atoms with Crippen LogP contribution in [0.15, 0.2) is 28.5 Å². The quantitative estimate of drug-likeness (QED) is 0.414. The molecule has 19 heavy (non-hydrogen) atoms. The number of nitrogens with zero attached hydrogens (tertiary/aromatic N) is 1. The molecular weight excluding hydrogens is 242 g/mol. The van der Waals surface area contributed by atoms with Crippen LogP contribution in [0.25, 0.3) is 0 Å². The largest absolute Gasteiger partial charge is 0.457 e. The summed E-state index contributed by atoms with van der Waals surface area (Å²) in [6, 6.07) is 0. The zero-order valence-corrected chi connectivity index (χ0v) is 11.5. The predicted octanol–water partition coefficient (Wildman–Crippen LogP) is 2.68. The minimum atomic E-state index is -0.150. The number of rotatable bonds is 0. The Labute approximate surface area is 112 Å². The average molecular weight is 261 g/mol. The molecule has 0 radical (unpaired) electrons. The van der Waals surface area contributed by atoms with Gasteiger partial charge in [-0.25, -0.2) is 0 Å². The van der Waals surface area contributed by atoms with E-state index in [-0.39, 0.29) is 29.3 Å². The van der Waals surface area contributed by atoms with E-state index in [4.69, 9.17) is 9.94 Å². The highest BCUT2D eigenvalue weighted by atomic mass is 16.6. The van der Waals surface area contributed by atoms with Crippen LogP contribution >= 0.6 is 0 Å². The van der Waals surface area contributed by atoms with Crippen molar-refractivity contribution in [3.8, 4) is 0 Å². The van der Waals surface area contributed by atoms with Gasteiger partial charge in [0.25, 0.3) is 0 Å². The number of hydrogen-bond acceptors (Lipinski definition) is 4. The third-order valence-electron chi connectivity index (χ3n) is 5.05. The van der Waals surface area contributed by atoms with Gasteiger partial charge in [-0.15, -0.1) is 0 Å². The highest BCUT2D eigenvalue weighted by Crippen LogP contribution is 2.53. The molecule has 1 saturated heterocycles. The summed E-state index contributed by atoms with van der Waals surface area (Å²) in [5.74, 6) is 0.129. The molecule has 0 spiro atoms. The van der Waals surface area contributed by atoms with Gasteiger partial charge in [0, 0.05) is 11.3 Å². The maximum Gasteiger partial charge on any atom is 0.309 e. The second-order valence-corrected chi connectivity index (χ2v) is 6.12. The third-order valence-corrected chi connectivity index (χ3v) is 5.05. The molecule has 1 saturated carbocycles. The van der Waals surface area contributed by atoms with Gasteiger partial charge in [-0.05, 0) is 37.0 Å². The normalized spacial score (nSPS) is 43.2. The zero-order chi connectivity index (χ0) is 13.8. The summed E-state index contributed by atoms with van der Waals surface area (Å²) in [5, 5.41) is 12.4. The summed E-state index contributed by atoms with van der Waals surface area (Å²) >= 11 is 0. The van der Waals surface area contributed by atoms with E-state index in [0.717, 1.165) is 24.0 Å². The van der Waals surface area contributed by atoms with Crippen LogP contribution in [-0.2, 0) is 9.53 Å². The molecule has 0 aromatic carbocycles. The highest BCUT2D eigenvalue weighted by Gasteiger charge is 2.52.